The lowest BCUT2D eigenvalue weighted by molar-refractivity contribution is -0.130. The van der Waals surface area contributed by atoms with Gasteiger partial charge in [0.25, 0.3) is 0 Å². The number of rotatable bonds is 7. The molecule has 2 aliphatic rings. The standard InChI is InChI=1S/C20H31N3O/c1-21(2)19-15-23(14-18(19)17-9-10-17)12-11-20(24)22(3)13-16-7-5-4-6-8-16/h4-8,17-19H,9-15H2,1-3H3. The Morgan fingerprint density at radius 3 is 2.46 bits per heavy atom. The molecule has 0 N–H and O–H groups in total. The molecule has 0 spiro atoms. The zero-order valence-electron chi connectivity index (χ0n) is 15.3. The smallest absolute Gasteiger partial charge is 0.223 e. The van der Waals surface area contributed by atoms with E-state index in [1.165, 1.54) is 24.9 Å². The first kappa shape index (κ1) is 17.4. The first-order valence-corrected chi connectivity index (χ1v) is 9.21. The number of likely N-dealkylation sites (tertiary alicyclic amines) is 1. The van der Waals surface area contributed by atoms with Gasteiger partial charge in [-0.15, -0.1) is 0 Å². The Bertz CT molecular complexity index is 531. The van der Waals surface area contributed by atoms with E-state index in [0.29, 0.717) is 19.0 Å². The molecule has 1 aromatic rings. The van der Waals surface area contributed by atoms with Crippen molar-refractivity contribution in [2.24, 2.45) is 11.8 Å². The van der Waals surface area contributed by atoms with Crippen molar-refractivity contribution >= 4 is 5.91 Å². The third-order valence-corrected chi connectivity index (χ3v) is 5.63. The van der Waals surface area contributed by atoms with Gasteiger partial charge in [0.05, 0.1) is 0 Å². The van der Waals surface area contributed by atoms with Crippen molar-refractivity contribution in [1.82, 2.24) is 14.7 Å². The fourth-order valence-electron chi connectivity index (χ4n) is 4.00. The molecule has 3 rings (SSSR count). The van der Waals surface area contributed by atoms with Gasteiger partial charge in [-0.05, 0) is 44.3 Å². The number of likely N-dealkylation sites (N-methyl/N-ethyl adjacent to an activating group) is 1. The highest BCUT2D eigenvalue weighted by Gasteiger charge is 2.43. The summed E-state index contributed by atoms with van der Waals surface area (Å²) in [6.07, 6.45) is 3.43. The Balaban J connectivity index is 1.46. The molecule has 2 atom stereocenters. The van der Waals surface area contributed by atoms with Gasteiger partial charge in [-0.25, -0.2) is 0 Å². The summed E-state index contributed by atoms with van der Waals surface area (Å²) in [7, 11) is 6.31. The van der Waals surface area contributed by atoms with Crippen LogP contribution < -0.4 is 0 Å². The topological polar surface area (TPSA) is 26.8 Å². The van der Waals surface area contributed by atoms with Crippen LogP contribution in [0.25, 0.3) is 0 Å². The van der Waals surface area contributed by atoms with Crippen LogP contribution in [0.15, 0.2) is 30.3 Å². The number of hydrogen-bond donors (Lipinski definition) is 0. The number of nitrogens with zero attached hydrogens (tertiary/aromatic N) is 3. The predicted molar refractivity (Wildman–Crippen MR) is 97.7 cm³/mol. The third kappa shape index (κ3) is 4.37. The number of hydrogen-bond acceptors (Lipinski definition) is 3. The molecule has 1 heterocycles. The van der Waals surface area contributed by atoms with E-state index >= 15 is 0 Å². The lowest BCUT2D eigenvalue weighted by Gasteiger charge is -2.25. The number of amides is 1. The van der Waals surface area contributed by atoms with Crippen LogP contribution >= 0.6 is 0 Å². The average molecular weight is 329 g/mol. The Morgan fingerprint density at radius 1 is 1.12 bits per heavy atom. The maximum absolute atomic E-state index is 12.4. The predicted octanol–water partition coefficient (Wildman–Crippen LogP) is 2.31. The van der Waals surface area contributed by atoms with Crippen molar-refractivity contribution in [2.45, 2.75) is 31.8 Å². The molecule has 0 radical (unpaired) electrons. The second-order valence-corrected chi connectivity index (χ2v) is 7.78. The quantitative estimate of drug-likeness (QED) is 0.768. The van der Waals surface area contributed by atoms with Crippen molar-refractivity contribution in [3.63, 3.8) is 0 Å². The van der Waals surface area contributed by atoms with E-state index < -0.39 is 0 Å². The molecule has 4 nitrogen and oxygen atoms in total. The molecule has 132 valence electrons. The lowest BCUT2D eigenvalue weighted by Crippen LogP contribution is -2.36. The fraction of sp³-hybridized carbons (Fsp3) is 0.650. The normalized spacial score (nSPS) is 24.5. The monoisotopic (exact) mass is 329 g/mol. The Morgan fingerprint density at radius 2 is 1.83 bits per heavy atom. The molecular formula is C20H31N3O. The third-order valence-electron chi connectivity index (χ3n) is 5.63. The van der Waals surface area contributed by atoms with E-state index in [4.69, 9.17) is 0 Å². The van der Waals surface area contributed by atoms with Gasteiger partial charge in [-0.1, -0.05) is 30.3 Å². The van der Waals surface area contributed by atoms with E-state index in [2.05, 4.69) is 36.0 Å². The summed E-state index contributed by atoms with van der Waals surface area (Å²) >= 11 is 0. The minimum absolute atomic E-state index is 0.245. The highest BCUT2D eigenvalue weighted by Crippen LogP contribution is 2.42. The molecule has 1 aliphatic heterocycles. The molecule has 1 aliphatic carbocycles. The largest absolute Gasteiger partial charge is 0.341 e. The summed E-state index contributed by atoms with van der Waals surface area (Å²) in [6.45, 7) is 3.88. The average Bonchev–Trinajstić information content (AvgIpc) is 3.32. The molecule has 24 heavy (non-hydrogen) atoms. The fourth-order valence-corrected chi connectivity index (χ4v) is 4.00. The zero-order chi connectivity index (χ0) is 17.1. The van der Waals surface area contributed by atoms with Crippen LogP contribution in [0.3, 0.4) is 0 Å². The van der Waals surface area contributed by atoms with Crippen LogP contribution in [0.4, 0.5) is 0 Å². The van der Waals surface area contributed by atoms with Gasteiger partial charge >= 0.3 is 0 Å². The molecule has 4 heteroatoms. The van der Waals surface area contributed by atoms with E-state index in [1.54, 1.807) is 0 Å². The van der Waals surface area contributed by atoms with Crippen molar-refractivity contribution < 1.29 is 4.79 Å². The molecule has 1 aromatic carbocycles. The van der Waals surface area contributed by atoms with Crippen LogP contribution in [-0.2, 0) is 11.3 Å². The van der Waals surface area contributed by atoms with Crippen molar-refractivity contribution in [3.8, 4) is 0 Å². The number of benzene rings is 1. The molecule has 0 bridgehead atoms. The van der Waals surface area contributed by atoms with E-state index in [0.717, 1.165) is 24.9 Å². The molecule has 1 amide bonds. The van der Waals surface area contributed by atoms with E-state index in [1.807, 2.05) is 30.1 Å². The highest BCUT2D eigenvalue weighted by atomic mass is 16.2. The zero-order valence-corrected chi connectivity index (χ0v) is 15.3. The van der Waals surface area contributed by atoms with Crippen molar-refractivity contribution in [2.75, 3.05) is 40.8 Å². The second kappa shape index (κ2) is 7.66. The van der Waals surface area contributed by atoms with Crippen molar-refractivity contribution in [3.05, 3.63) is 35.9 Å². The van der Waals surface area contributed by atoms with Crippen LogP contribution in [0.1, 0.15) is 24.8 Å². The summed E-state index contributed by atoms with van der Waals surface area (Å²) < 4.78 is 0. The van der Waals surface area contributed by atoms with Gasteiger partial charge in [-0.2, -0.15) is 0 Å². The van der Waals surface area contributed by atoms with Gasteiger partial charge in [-0.3, -0.25) is 4.79 Å². The maximum Gasteiger partial charge on any atom is 0.223 e. The van der Waals surface area contributed by atoms with E-state index in [9.17, 15) is 4.79 Å². The minimum atomic E-state index is 0.245. The molecule has 0 aromatic heterocycles. The van der Waals surface area contributed by atoms with Crippen LogP contribution in [-0.4, -0.2) is 67.4 Å². The first-order chi connectivity index (χ1) is 11.5. The molecule has 1 saturated carbocycles. The summed E-state index contributed by atoms with van der Waals surface area (Å²) in [5.74, 6) is 1.98. The molecule has 1 saturated heterocycles. The van der Waals surface area contributed by atoms with Crippen LogP contribution in [0.5, 0.6) is 0 Å². The van der Waals surface area contributed by atoms with Gasteiger partial charge in [0.1, 0.15) is 0 Å². The second-order valence-electron chi connectivity index (χ2n) is 7.78. The lowest BCUT2D eigenvalue weighted by atomic mass is 9.97. The Kier molecular flexibility index (Phi) is 5.57. The highest BCUT2D eigenvalue weighted by molar-refractivity contribution is 5.76. The summed E-state index contributed by atoms with van der Waals surface area (Å²) in [5.41, 5.74) is 1.19. The summed E-state index contributed by atoms with van der Waals surface area (Å²) in [4.78, 5) is 19.2. The van der Waals surface area contributed by atoms with Gasteiger partial charge in [0.15, 0.2) is 0 Å². The molecule has 2 fully saturated rings. The van der Waals surface area contributed by atoms with Crippen LogP contribution in [0.2, 0.25) is 0 Å². The summed E-state index contributed by atoms with van der Waals surface area (Å²) in [6, 6.07) is 10.9. The number of carbonyl (C=O) groups excluding carboxylic acids is 1. The SMILES string of the molecule is CN(Cc1ccccc1)C(=O)CCN1CC(C2CC2)C(N(C)C)C1. The summed E-state index contributed by atoms with van der Waals surface area (Å²) in [5, 5.41) is 0. The first-order valence-electron chi connectivity index (χ1n) is 9.21. The van der Waals surface area contributed by atoms with E-state index in [-0.39, 0.29) is 5.91 Å². The number of carbonyl (C=O) groups is 1. The van der Waals surface area contributed by atoms with Crippen LogP contribution in [0, 0.1) is 11.8 Å². The Labute approximate surface area is 146 Å². The minimum Gasteiger partial charge on any atom is -0.341 e. The van der Waals surface area contributed by atoms with Crippen molar-refractivity contribution in [1.29, 1.82) is 0 Å². The van der Waals surface area contributed by atoms with Gasteiger partial charge in [0.2, 0.25) is 5.91 Å². The Hall–Kier alpha value is -1.39. The van der Waals surface area contributed by atoms with Gasteiger partial charge < -0.3 is 14.7 Å². The molecular weight excluding hydrogens is 298 g/mol. The van der Waals surface area contributed by atoms with Gasteiger partial charge in [0, 0.05) is 45.7 Å². The molecule has 2 unspecified atom stereocenters. The maximum atomic E-state index is 12.4.